The fraction of sp³-hybridized carbons (Fsp3) is 0.211. The molecule has 7 nitrogen and oxygen atoms in total. The van der Waals surface area contributed by atoms with E-state index in [0.717, 1.165) is 0 Å². The van der Waals surface area contributed by atoms with E-state index in [1.165, 1.54) is 23.0 Å². The van der Waals surface area contributed by atoms with Crippen molar-refractivity contribution in [3.8, 4) is 5.75 Å². The molecule has 2 aromatic rings. The SMILES string of the molecule is COc1cccc(N(CC(=O)N(C)c2ccccc2)C(=O)CN=C=O)c1. The van der Waals surface area contributed by atoms with Crippen molar-refractivity contribution in [2.24, 2.45) is 4.99 Å². The summed E-state index contributed by atoms with van der Waals surface area (Å²) < 4.78 is 5.17. The molecule has 2 rings (SSSR count). The van der Waals surface area contributed by atoms with Gasteiger partial charge in [-0.2, -0.15) is 4.99 Å². The van der Waals surface area contributed by atoms with Gasteiger partial charge in [0.05, 0.1) is 7.11 Å². The lowest BCUT2D eigenvalue weighted by Crippen LogP contribution is -2.42. The third-order valence-electron chi connectivity index (χ3n) is 3.76. The summed E-state index contributed by atoms with van der Waals surface area (Å²) in [4.78, 5) is 41.5. The molecule has 2 amide bonds. The Morgan fingerprint density at radius 1 is 1.04 bits per heavy atom. The zero-order chi connectivity index (χ0) is 18.9. The molecule has 0 aliphatic rings. The minimum Gasteiger partial charge on any atom is -0.497 e. The van der Waals surface area contributed by atoms with Crippen LogP contribution in [-0.2, 0) is 14.4 Å². The van der Waals surface area contributed by atoms with Crippen LogP contribution in [0.1, 0.15) is 0 Å². The van der Waals surface area contributed by atoms with E-state index in [1.54, 1.807) is 43.4 Å². The lowest BCUT2D eigenvalue weighted by Gasteiger charge is -2.25. The molecule has 0 unspecified atom stereocenters. The summed E-state index contributed by atoms with van der Waals surface area (Å²) in [6.07, 6.45) is 1.34. The Hall–Kier alpha value is -3.44. The molecule has 0 bridgehead atoms. The van der Waals surface area contributed by atoms with E-state index in [-0.39, 0.29) is 19.0 Å². The van der Waals surface area contributed by atoms with Crippen LogP contribution in [0, 0.1) is 0 Å². The summed E-state index contributed by atoms with van der Waals surface area (Å²) in [6.45, 7) is -0.588. The van der Waals surface area contributed by atoms with Crippen molar-refractivity contribution in [3.05, 3.63) is 54.6 Å². The first-order valence-corrected chi connectivity index (χ1v) is 7.86. The van der Waals surface area contributed by atoms with Crippen LogP contribution in [0.4, 0.5) is 11.4 Å². The quantitative estimate of drug-likeness (QED) is 0.563. The Morgan fingerprint density at radius 2 is 1.73 bits per heavy atom. The van der Waals surface area contributed by atoms with Crippen LogP contribution >= 0.6 is 0 Å². The third kappa shape index (κ3) is 4.78. The van der Waals surface area contributed by atoms with E-state index in [2.05, 4.69) is 4.99 Å². The maximum atomic E-state index is 12.7. The Labute approximate surface area is 151 Å². The molecular formula is C19H19N3O4. The Kier molecular flexibility index (Phi) is 6.65. The number of benzene rings is 2. The summed E-state index contributed by atoms with van der Waals surface area (Å²) in [7, 11) is 3.14. The number of ether oxygens (including phenoxy) is 1. The molecule has 0 heterocycles. The van der Waals surface area contributed by atoms with E-state index >= 15 is 0 Å². The van der Waals surface area contributed by atoms with Gasteiger partial charge in [0.15, 0.2) is 0 Å². The zero-order valence-corrected chi connectivity index (χ0v) is 14.6. The monoisotopic (exact) mass is 353 g/mol. The maximum absolute atomic E-state index is 12.7. The molecule has 7 heteroatoms. The van der Waals surface area contributed by atoms with Gasteiger partial charge in [-0.15, -0.1) is 0 Å². The maximum Gasteiger partial charge on any atom is 0.250 e. The van der Waals surface area contributed by atoms with Gasteiger partial charge in [0, 0.05) is 24.5 Å². The van der Waals surface area contributed by atoms with Crippen LogP contribution in [0.5, 0.6) is 5.75 Å². The van der Waals surface area contributed by atoms with Gasteiger partial charge in [-0.3, -0.25) is 9.59 Å². The van der Waals surface area contributed by atoms with Gasteiger partial charge in [-0.25, -0.2) is 4.79 Å². The molecule has 26 heavy (non-hydrogen) atoms. The number of carbonyl (C=O) groups excluding carboxylic acids is 3. The normalized spacial score (nSPS) is 9.77. The van der Waals surface area contributed by atoms with Crippen molar-refractivity contribution < 1.29 is 19.1 Å². The number of aliphatic imine (C=N–C) groups is 1. The minimum absolute atomic E-state index is 0.203. The van der Waals surface area contributed by atoms with Gasteiger partial charge in [0.25, 0.3) is 0 Å². The molecule has 0 spiro atoms. The third-order valence-corrected chi connectivity index (χ3v) is 3.76. The van der Waals surface area contributed by atoms with Gasteiger partial charge in [0.1, 0.15) is 18.8 Å². The average Bonchev–Trinajstić information content (AvgIpc) is 2.70. The van der Waals surface area contributed by atoms with Crippen LogP contribution in [0.25, 0.3) is 0 Å². The molecule has 0 aromatic heterocycles. The number of hydrogen-bond donors (Lipinski definition) is 0. The van der Waals surface area contributed by atoms with Gasteiger partial charge < -0.3 is 14.5 Å². The summed E-state index contributed by atoms with van der Waals surface area (Å²) in [5.41, 5.74) is 1.19. The highest BCUT2D eigenvalue weighted by Gasteiger charge is 2.22. The van der Waals surface area contributed by atoms with Crippen LogP contribution < -0.4 is 14.5 Å². The molecule has 0 aliphatic heterocycles. The molecule has 0 atom stereocenters. The Balaban J connectivity index is 2.27. The van der Waals surface area contributed by atoms with Crippen molar-refractivity contribution >= 4 is 29.3 Å². The van der Waals surface area contributed by atoms with Gasteiger partial charge in [-0.05, 0) is 24.3 Å². The van der Waals surface area contributed by atoms with Crippen LogP contribution in [0.2, 0.25) is 0 Å². The van der Waals surface area contributed by atoms with Crippen molar-refractivity contribution in [1.29, 1.82) is 0 Å². The lowest BCUT2D eigenvalue weighted by atomic mass is 10.2. The number of methoxy groups -OCH3 is 1. The predicted molar refractivity (Wildman–Crippen MR) is 98.2 cm³/mol. The first kappa shape index (κ1) is 18.9. The van der Waals surface area contributed by atoms with Crippen molar-refractivity contribution in [3.63, 3.8) is 0 Å². The summed E-state index contributed by atoms with van der Waals surface area (Å²) >= 11 is 0. The second kappa shape index (κ2) is 9.15. The fourth-order valence-electron chi connectivity index (χ4n) is 2.32. The molecule has 0 fully saturated rings. The number of carbonyl (C=O) groups is 2. The standard InChI is InChI=1S/C19H19N3O4/c1-21(15-7-4-3-5-8-15)19(25)13-22(18(24)12-20-14-23)16-9-6-10-17(11-16)26-2/h3-11H,12-13H2,1-2H3. The molecule has 0 aliphatic carbocycles. The predicted octanol–water partition coefficient (Wildman–Crippen LogP) is 2.03. The molecular weight excluding hydrogens is 334 g/mol. The number of amides is 2. The molecule has 0 radical (unpaired) electrons. The summed E-state index contributed by atoms with van der Waals surface area (Å²) in [5.74, 6) is -0.234. The number of isocyanates is 1. The summed E-state index contributed by atoms with van der Waals surface area (Å²) in [5, 5.41) is 0. The average molecular weight is 353 g/mol. The minimum atomic E-state index is -0.489. The first-order chi connectivity index (χ1) is 12.6. The number of likely N-dealkylation sites (N-methyl/N-ethyl adjacent to an activating group) is 1. The number of hydrogen-bond acceptors (Lipinski definition) is 5. The van der Waals surface area contributed by atoms with Crippen molar-refractivity contribution in [2.45, 2.75) is 0 Å². The molecule has 2 aromatic carbocycles. The largest absolute Gasteiger partial charge is 0.497 e. The Bertz CT molecular complexity index is 817. The topological polar surface area (TPSA) is 79.3 Å². The van der Waals surface area contributed by atoms with Crippen molar-refractivity contribution in [2.75, 3.05) is 37.0 Å². The molecule has 0 saturated heterocycles. The van der Waals surface area contributed by atoms with Gasteiger partial charge >= 0.3 is 0 Å². The lowest BCUT2D eigenvalue weighted by molar-refractivity contribution is -0.121. The second-order valence-corrected chi connectivity index (χ2v) is 5.38. The van der Waals surface area contributed by atoms with E-state index in [9.17, 15) is 14.4 Å². The van der Waals surface area contributed by atoms with E-state index < -0.39 is 5.91 Å². The van der Waals surface area contributed by atoms with Crippen LogP contribution in [0.15, 0.2) is 59.6 Å². The highest BCUT2D eigenvalue weighted by atomic mass is 16.5. The second-order valence-electron chi connectivity index (χ2n) is 5.38. The highest BCUT2D eigenvalue weighted by molar-refractivity contribution is 6.04. The van der Waals surface area contributed by atoms with E-state index in [0.29, 0.717) is 17.1 Å². The van der Waals surface area contributed by atoms with E-state index in [4.69, 9.17) is 4.74 Å². The highest BCUT2D eigenvalue weighted by Crippen LogP contribution is 2.22. The number of rotatable bonds is 7. The van der Waals surface area contributed by atoms with Crippen molar-refractivity contribution in [1.82, 2.24) is 0 Å². The number of para-hydroxylation sites is 1. The fourth-order valence-corrected chi connectivity index (χ4v) is 2.32. The first-order valence-electron chi connectivity index (χ1n) is 7.86. The summed E-state index contributed by atoms with van der Waals surface area (Å²) in [6, 6.07) is 15.9. The number of nitrogens with zero attached hydrogens (tertiary/aromatic N) is 3. The molecule has 0 saturated carbocycles. The van der Waals surface area contributed by atoms with Crippen LogP contribution in [-0.4, -0.2) is 45.1 Å². The molecule has 134 valence electrons. The smallest absolute Gasteiger partial charge is 0.250 e. The van der Waals surface area contributed by atoms with E-state index in [1.807, 2.05) is 18.2 Å². The van der Waals surface area contributed by atoms with Crippen LogP contribution in [0.3, 0.4) is 0 Å². The number of anilines is 2. The van der Waals surface area contributed by atoms with Gasteiger partial charge in [0.2, 0.25) is 17.9 Å². The zero-order valence-electron chi connectivity index (χ0n) is 14.6. The Morgan fingerprint density at radius 3 is 2.38 bits per heavy atom. The molecule has 0 N–H and O–H groups in total. The van der Waals surface area contributed by atoms with Gasteiger partial charge in [-0.1, -0.05) is 24.3 Å².